The molecule has 3 aromatic rings. The molecule has 0 unspecified atom stereocenters. The third-order valence-electron chi connectivity index (χ3n) is 3.29. The van der Waals surface area contributed by atoms with E-state index >= 15 is 0 Å². The smallest absolute Gasteiger partial charge is 0.184 e. The zero-order valence-corrected chi connectivity index (χ0v) is 12.0. The number of anilines is 1. The Morgan fingerprint density at radius 3 is 2.64 bits per heavy atom. The number of aryl methyl sites for hydroxylation is 1. The molecule has 0 spiro atoms. The number of rotatable bonds is 4. The molecule has 0 saturated heterocycles. The van der Waals surface area contributed by atoms with Crippen LogP contribution in [-0.2, 0) is 6.54 Å². The first-order valence-corrected chi connectivity index (χ1v) is 6.81. The van der Waals surface area contributed by atoms with Crippen LogP contribution in [0.2, 0.25) is 0 Å². The van der Waals surface area contributed by atoms with Crippen molar-refractivity contribution in [1.82, 2.24) is 25.0 Å². The third kappa shape index (κ3) is 2.61. The molecule has 3 rings (SSSR count). The summed E-state index contributed by atoms with van der Waals surface area (Å²) in [5.74, 6) is 0.692. The van der Waals surface area contributed by atoms with Gasteiger partial charge in [0.15, 0.2) is 22.8 Å². The number of aliphatic hydroxyl groups excluding tert-OH is 2. The molecule has 22 heavy (non-hydrogen) atoms. The topological polar surface area (TPSA) is 123 Å². The average molecular weight is 300 g/mol. The van der Waals surface area contributed by atoms with Gasteiger partial charge in [-0.3, -0.25) is 0 Å². The highest BCUT2D eigenvalue weighted by molar-refractivity contribution is 5.83. The molecule has 0 amide bonds. The van der Waals surface area contributed by atoms with E-state index in [1.807, 2.05) is 31.2 Å². The first-order valence-electron chi connectivity index (χ1n) is 6.81. The Kier molecular flexibility index (Phi) is 3.70. The Morgan fingerprint density at radius 1 is 1.23 bits per heavy atom. The highest BCUT2D eigenvalue weighted by atomic mass is 16.3. The second-order valence-electron chi connectivity index (χ2n) is 5.08. The fourth-order valence-electron chi connectivity index (χ4n) is 2.09. The summed E-state index contributed by atoms with van der Waals surface area (Å²) in [6.07, 6.45) is -0.941. The first-order chi connectivity index (χ1) is 10.6. The minimum absolute atomic E-state index is 0.0801. The van der Waals surface area contributed by atoms with Crippen LogP contribution in [0.3, 0.4) is 0 Å². The Hall–Kier alpha value is -2.58. The molecule has 0 aliphatic heterocycles. The van der Waals surface area contributed by atoms with Gasteiger partial charge in [-0.05, 0) is 6.92 Å². The Bertz CT molecular complexity index is 799. The zero-order chi connectivity index (χ0) is 15.7. The number of aromatic nitrogens is 5. The molecule has 2 aromatic heterocycles. The van der Waals surface area contributed by atoms with Gasteiger partial charge in [-0.2, -0.15) is 0 Å². The van der Waals surface area contributed by atoms with E-state index in [1.54, 1.807) is 0 Å². The van der Waals surface area contributed by atoms with E-state index in [1.165, 1.54) is 4.68 Å². The number of benzene rings is 1. The van der Waals surface area contributed by atoms with Crippen molar-refractivity contribution < 1.29 is 10.2 Å². The maximum Gasteiger partial charge on any atom is 0.184 e. The first kappa shape index (κ1) is 14.4. The van der Waals surface area contributed by atoms with Crippen molar-refractivity contribution in [3.05, 3.63) is 29.8 Å². The van der Waals surface area contributed by atoms with Crippen LogP contribution in [0, 0.1) is 6.92 Å². The molecule has 0 bridgehead atoms. The second kappa shape index (κ2) is 5.66. The van der Waals surface area contributed by atoms with Gasteiger partial charge < -0.3 is 15.9 Å². The van der Waals surface area contributed by atoms with Gasteiger partial charge in [0.2, 0.25) is 0 Å². The molecule has 8 nitrogen and oxygen atoms in total. The molecule has 0 saturated carbocycles. The molecule has 0 aliphatic rings. The minimum Gasteiger partial charge on any atom is -0.394 e. The van der Waals surface area contributed by atoms with E-state index in [-0.39, 0.29) is 19.0 Å². The van der Waals surface area contributed by atoms with Crippen molar-refractivity contribution in [3.8, 4) is 11.4 Å². The number of nitrogen functional groups attached to an aromatic ring is 1. The monoisotopic (exact) mass is 300 g/mol. The van der Waals surface area contributed by atoms with Crippen LogP contribution in [0.4, 0.5) is 5.82 Å². The lowest BCUT2D eigenvalue weighted by molar-refractivity contribution is 0.0787. The van der Waals surface area contributed by atoms with Crippen LogP contribution >= 0.6 is 0 Å². The second-order valence-corrected chi connectivity index (χ2v) is 5.08. The Morgan fingerprint density at radius 2 is 1.95 bits per heavy atom. The lowest BCUT2D eigenvalue weighted by Crippen LogP contribution is -2.21. The van der Waals surface area contributed by atoms with Gasteiger partial charge in [-0.25, -0.2) is 14.6 Å². The van der Waals surface area contributed by atoms with E-state index in [9.17, 15) is 5.11 Å². The number of aliphatic hydroxyl groups is 2. The van der Waals surface area contributed by atoms with Crippen LogP contribution in [0.25, 0.3) is 22.6 Å². The summed E-state index contributed by atoms with van der Waals surface area (Å²) in [6, 6.07) is 7.74. The van der Waals surface area contributed by atoms with E-state index < -0.39 is 6.10 Å². The maximum absolute atomic E-state index is 9.56. The van der Waals surface area contributed by atoms with Crippen molar-refractivity contribution in [2.45, 2.75) is 19.6 Å². The predicted molar refractivity (Wildman–Crippen MR) is 80.8 cm³/mol. The number of hydrogen-bond donors (Lipinski definition) is 3. The zero-order valence-electron chi connectivity index (χ0n) is 12.0. The van der Waals surface area contributed by atoms with E-state index in [0.29, 0.717) is 17.0 Å². The Balaban J connectivity index is 2.09. The molecular formula is C14H16N6O2. The number of fused-ring (bicyclic) bond motifs is 1. The Labute approximate surface area is 126 Å². The highest BCUT2D eigenvalue weighted by Gasteiger charge is 2.15. The van der Waals surface area contributed by atoms with Gasteiger partial charge in [-0.15, -0.1) is 5.10 Å². The van der Waals surface area contributed by atoms with Gasteiger partial charge >= 0.3 is 0 Å². The van der Waals surface area contributed by atoms with Crippen LogP contribution in [0.15, 0.2) is 24.3 Å². The number of nitrogens with zero attached hydrogens (tertiary/aromatic N) is 5. The average Bonchev–Trinajstić information content (AvgIpc) is 2.91. The molecule has 1 aromatic carbocycles. The van der Waals surface area contributed by atoms with Crippen LogP contribution in [0.1, 0.15) is 5.56 Å². The standard InChI is InChI=1S/C14H16N6O2/c1-8-2-4-9(5-3-8)13-16-12(15)11-14(17-13)20(19-18-11)6-10(22)7-21/h2-5,10,21-22H,6-7H2,1H3,(H2,15,16,17)/t10-/m1/s1. The summed E-state index contributed by atoms with van der Waals surface area (Å²) >= 11 is 0. The maximum atomic E-state index is 9.56. The van der Waals surface area contributed by atoms with Crippen LogP contribution < -0.4 is 5.73 Å². The summed E-state index contributed by atoms with van der Waals surface area (Å²) in [5.41, 5.74) is 8.69. The summed E-state index contributed by atoms with van der Waals surface area (Å²) in [7, 11) is 0. The normalized spacial score (nSPS) is 12.7. The van der Waals surface area contributed by atoms with E-state index in [4.69, 9.17) is 10.8 Å². The molecular weight excluding hydrogens is 284 g/mol. The molecule has 0 fully saturated rings. The van der Waals surface area contributed by atoms with Crippen LogP contribution in [-0.4, -0.2) is 47.9 Å². The summed E-state index contributed by atoms with van der Waals surface area (Å²) in [5, 5.41) is 26.3. The summed E-state index contributed by atoms with van der Waals surface area (Å²) in [4.78, 5) is 8.69. The molecule has 4 N–H and O–H groups in total. The van der Waals surface area contributed by atoms with Gasteiger partial charge in [0.1, 0.15) is 0 Å². The SMILES string of the molecule is Cc1ccc(-c2nc(N)c3nnn(C[C@@H](O)CO)c3n2)cc1. The number of nitrogens with two attached hydrogens (primary N) is 1. The van der Waals surface area contributed by atoms with Crippen molar-refractivity contribution in [2.24, 2.45) is 0 Å². The quantitative estimate of drug-likeness (QED) is 0.626. The molecule has 8 heteroatoms. The van der Waals surface area contributed by atoms with Gasteiger partial charge in [-0.1, -0.05) is 35.0 Å². The molecule has 1 atom stereocenters. The predicted octanol–water partition coefficient (Wildman–Crippen LogP) is 0.132. The molecule has 0 aliphatic carbocycles. The molecule has 0 radical (unpaired) electrons. The lowest BCUT2D eigenvalue weighted by Gasteiger charge is -2.07. The highest BCUT2D eigenvalue weighted by Crippen LogP contribution is 2.21. The van der Waals surface area contributed by atoms with Crippen molar-refractivity contribution in [2.75, 3.05) is 12.3 Å². The van der Waals surface area contributed by atoms with Crippen molar-refractivity contribution in [1.29, 1.82) is 0 Å². The van der Waals surface area contributed by atoms with Gasteiger partial charge in [0, 0.05) is 5.56 Å². The van der Waals surface area contributed by atoms with Crippen LogP contribution in [0.5, 0.6) is 0 Å². The van der Waals surface area contributed by atoms with Crippen molar-refractivity contribution >= 4 is 17.0 Å². The van der Waals surface area contributed by atoms with Crippen molar-refractivity contribution in [3.63, 3.8) is 0 Å². The fourth-order valence-corrected chi connectivity index (χ4v) is 2.09. The van der Waals surface area contributed by atoms with Gasteiger partial charge in [0.25, 0.3) is 0 Å². The molecule has 2 heterocycles. The largest absolute Gasteiger partial charge is 0.394 e. The minimum atomic E-state index is -0.941. The summed E-state index contributed by atoms with van der Waals surface area (Å²) in [6.45, 7) is 1.71. The lowest BCUT2D eigenvalue weighted by atomic mass is 10.1. The molecule has 114 valence electrons. The number of hydrogen-bond acceptors (Lipinski definition) is 7. The fraction of sp³-hybridized carbons (Fsp3) is 0.286. The van der Waals surface area contributed by atoms with Gasteiger partial charge in [0.05, 0.1) is 19.3 Å². The third-order valence-corrected chi connectivity index (χ3v) is 3.29. The summed E-state index contributed by atoms with van der Waals surface area (Å²) < 4.78 is 1.41. The van der Waals surface area contributed by atoms with E-state index in [2.05, 4.69) is 20.3 Å². The van der Waals surface area contributed by atoms with E-state index in [0.717, 1.165) is 11.1 Å².